The van der Waals surface area contributed by atoms with Crippen molar-refractivity contribution in [1.29, 1.82) is 0 Å². The van der Waals surface area contributed by atoms with Crippen molar-refractivity contribution < 1.29 is 9.59 Å². The summed E-state index contributed by atoms with van der Waals surface area (Å²) in [5.74, 6) is 0.530. The Labute approximate surface area is 72.7 Å². The number of rotatable bonds is 3. The van der Waals surface area contributed by atoms with Crippen LogP contribution in [0, 0.1) is 17.8 Å². The quantitative estimate of drug-likeness (QED) is 0.471. The van der Waals surface area contributed by atoms with E-state index in [0.717, 1.165) is 25.4 Å². The van der Waals surface area contributed by atoms with Crippen molar-refractivity contribution in [2.45, 2.75) is 19.8 Å². The molecule has 0 amide bonds. The van der Waals surface area contributed by atoms with Crippen molar-refractivity contribution in [3.8, 4) is 0 Å². The van der Waals surface area contributed by atoms with E-state index in [1.807, 2.05) is 0 Å². The summed E-state index contributed by atoms with van der Waals surface area (Å²) in [6, 6.07) is 0. The van der Waals surface area contributed by atoms with E-state index in [-0.39, 0.29) is 11.8 Å². The second-order valence-corrected chi connectivity index (χ2v) is 3.57. The van der Waals surface area contributed by atoms with Crippen LogP contribution in [0.15, 0.2) is 12.2 Å². The van der Waals surface area contributed by atoms with Gasteiger partial charge in [0, 0.05) is 5.92 Å². The highest BCUT2D eigenvalue weighted by Gasteiger charge is 2.34. The largest absolute Gasteiger partial charge is 0.303 e. The third-order valence-corrected chi connectivity index (χ3v) is 2.84. The van der Waals surface area contributed by atoms with Gasteiger partial charge in [-0.15, -0.1) is 0 Å². The molecule has 1 saturated carbocycles. The van der Waals surface area contributed by atoms with E-state index in [1.165, 1.54) is 0 Å². The first-order valence-electron chi connectivity index (χ1n) is 4.30. The SMILES string of the molecule is C=C(C=O)C1CC[C@H](C)C1C=O. The van der Waals surface area contributed by atoms with Gasteiger partial charge in [0.15, 0.2) is 0 Å². The molecule has 0 heterocycles. The molecule has 66 valence electrons. The Morgan fingerprint density at radius 1 is 1.42 bits per heavy atom. The zero-order chi connectivity index (χ0) is 9.14. The number of aldehydes is 2. The first kappa shape index (κ1) is 9.17. The van der Waals surface area contributed by atoms with E-state index in [4.69, 9.17) is 0 Å². The fraction of sp³-hybridized carbons (Fsp3) is 0.600. The van der Waals surface area contributed by atoms with Gasteiger partial charge in [0.25, 0.3) is 0 Å². The van der Waals surface area contributed by atoms with Crippen LogP contribution in [0.3, 0.4) is 0 Å². The second-order valence-electron chi connectivity index (χ2n) is 3.57. The number of carbonyl (C=O) groups excluding carboxylic acids is 2. The van der Waals surface area contributed by atoms with E-state index >= 15 is 0 Å². The average molecular weight is 166 g/mol. The highest BCUT2D eigenvalue weighted by Crippen LogP contribution is 2.38. The van der Waals surface area contributed by atoms with E-state index in [2.05, 4.69) is 13.5 Å². The minimum absolute atomic E-state index is 0.0164. The normalized spacial score (nSPS) is 34.6. The summed E-state index contributed by atoms with van der Waals surface area (Å²) >= 11 is 0. The summed E-state index contributed by atoms with van der Waals surface area (Å²) in [5, 5.41) is 0. The molecule has 1 fully saturated rings. The van der Waals surface area contributed by atoms with Crippen LogP contribution in [0.25, 0.3) is 0 Å². The molecule has 0 aliphatic heterocycles. The summed E-state index contributed by atoms with van der Waals surface area (Å²) in [5.41, 5.74) is 0.580. The highest BCUT2D eigenvalue weighted by molar-refractivity contribution is 5.74. The van der Waals surface area contributed by atoms with Crippen molar-refractivity contribution in [2.75, 3.05) is 0 Å². The van der Waals surface area contributed by atoms with Crippen LogP contribution in [0.1, 0.15) is 19.8 Å². The van der Waals surface area contributed by atoms with Gasteiger partial charge in [0.05, 0.1) is 0 Å². The topological polar surface area (TPSA) is 34.1 Å². The molecule has 0 radical (unpaired) electrons. The van der Waals surface area contributed by atoms with Gasteiger partial charge in [-0.2, -0.15) is 0 Å². The van der Waals surface area contributed by atoms with Crippen LogP contribution in [0.5, 0.6) is 0 Å². The Kier molecular flexibility index (Phi) is 2.79. The number of hydrogen-bond donors (Lipinski definition) is 0. The molecule has 12 heavy (non-hydrogen) atoms. The monoisotopic (exact) mass is 166 g/mol. The molecule has 1 aliphatic carbocycles. The van der Waals surface area contributed by atoms with E-state index < -0.39 is 0 Å². The Bertz CT molecular complexity index is 208. The molecule has 2 nitrogen and oxygen atoms in total. The minimum atomic E-state index is 0.0164. The summed E-state index contributed by atoms with van der Waals surface area (Å²) in [7, 11) is 0. The number of carbonyl (C=O) groups is 2. The molecular weight excluding hydrogens is 152 g/mol. The van der Waals surface area contributed by atoms with Crippen LogP contribution in [-0.2, 0) is 9.59 Å². The minimum Gasteiger partial charge on any atom is -0.303 e. The van der Waals surface area contributed by atoms with Gasteiger partial charge in [0.1, 0.15) is 12.6 Å². The smallest absolute Gasteiger partial charge is 0.145 e. The Hall–Kier alpha value is -0.920. The lowest BCUT2D eigenvalue weighted by Crippen LogP contribution is -2.16. The Balaban J connectivity index is 2.72. The van der Waals surface area contributed by atoms with E-state index in [9.17, 15) is 9.59 Å². The van der Waals surface area contributed by atoms with Crippen LogP contribution in [0.2, 0.25) is 0 Å². The summed E-state index contributed by atoms with van der Waals surface area (Å²) < 4.78 is 0. The lowest BCUT2D eigenvalue weighted by atomic mass is 9.87. The Morgan fingerprint density at radius 3 is 2.58 bits per heavy atom. The predicted molar refractivity (Wildman–Crippen MR) is 46.6 cm³/mol. The van der Waals surface area contributed by atoms with Gasteiger partial charge in [-0.1, -0.05) is 13.5 Å². The molecule has 1 aliphatic rings. The third kappa shape index (κ3) is 1.47. The van der Waals surface area contributed by atoms with Gasteiger partial charge in [-0.05, 0) is 30.3 Å². The maximum Gasteiger partial charge on any atom is 0.145 e. The van der Waals surface area contributed by atoms with Crippen molar-refractivity contribution in [3.05, 3.63) is 12.2 Å². The third-order valence-electron chi connectivity index (χ3n) is 2.84. The zero-order valence-electron chi connectivity index (χ0n) is 7.32. The fourth-order valence-corrected chi connectivity index (χ4v) is 1.97. The molecule has 2 heteroatoms. The van der Waals surface area contributed by atoms with Crippen LogP contribution in [-0.4, -0.2) is 12.6 Å². The predicted octanol–water partition coefficient (Wildman–Crippen LogP) is 1.60. The average Bonchev–Trinajstić information content (AvgIpc) is 2.45. The standard InChI is InChI=1S/C10H14O2/c1-7-3-4-9(8(2)5-11)10(7)6-12/h5-7,9-10H,2-4H2,1H3/t7-,9?,10?/m0/s1. The highest BCUT2D eigenvalue weighted by atomic mass is 16.1. The summed E-state index contributed by atoms with van der Waals surface area (Å²) in [6.45, 7) is 5.71. The first-order chi connectivity index (χ1) is 5.70. The molecule has 0 aromatic carbocycles. The summed E-state index contributed by atoms with van der Waals surface area (Å²) in [6.07, 6.45) is 3.71. The molecule has 0 bridgehead atoms. The molecule has 0 aromatic rings. The second kappa shape index (κ2) is 3.65. The van der Waals surface area contributed by atoms with Crippen molar-refractivity contribution in [1.82, 2.24) is 0 Å². The molecule has 1 rings (SSSR count). The summed E-state index contributed by atoms with van der Waals surface area (Å²) in [4.78, 5) is 21.1. The van der Waals surface area contributed by atoms with Gasteiger partial charge in [-0.3, -0.25) is 4.79 Å². The lowest BCUT2D eigenvalue weighted by Gasteiger charge is -2.15. The maximum atomic E-state index is 10.7. The zero-order valence-corrected chi connectivity index (χ0v) is 7.32. The van der Waals surface area contributed by atoms with Gasteiger partial charge >= 0.3 is 0 Å². The molecular formula is C10H14O2. The van der Waals surface area contributed by atoms with Crippen molar-refractivity contribution in [3.63, 3.8) is 0 Å². The van der Waals surface area contributed by atoms with Crippen molar-refractivity contribution in [2.24, 2.45) is 17.8 Å². The molecule has 2 unspecified atom stereocenters. The van der Waals surface area contributed by atoms with Gasteiger partial charge in [0.2, 0.25) is 0 Å². The lowest BCUT2D eigenvalue weighted by molar-refractivity contribution is -0.112. The molecule has 0 saturated heterocycles. The maximum absolute atomic E-state index is 10.7. The Morgan fingerprint density at radius 2 is 2.08 bits per heavy atom. The fourth-order valence-electron chi connectivity index (χ4n) is 1.97. The van der Waals surface area contributed by atoms with Gasteiger partial charge < -0.3 is 4.79 Å². The number of allylic oxidation sites excluding steroid dienone is 1. The van der Waals surface area contributed by atoms with E-state index in [1.54, 1.807) is 0 Å². The molecule has 0 aromatic heterocycles. The first-order valence-corrected chi connectivity index (χ1v) is 4.30. The van der Waals surface area contributed by atoms with Crippen LogP contribution in [0.4, 0.5) is 0 Å². The van der Waals surface area contributed by atoms with E-state index in [0.29, 0.717) is 11.5 Å². The van der Waals surface area contributed by atoms with Crippen LogP contribution < -0.4 is 0 Å². The molecule has 3 atom stereocenters. The van der Waals surface area contributed by atoms with Crippen LogP contribution >= 0.6 is 0 Å². The number of hydrogen-bond acceptors (Lipinski definition) is 2. The van der Waals surface area contributed by atoms with Gasteiger partial charge in [-0.25, -0.2) is 0 Å². The molecule has 0 spiro atoms. The van der Waals surface area contributed by atoms with Crippen molar-refractivity contribution >= 4 is 12.6 Å². The molecule has 0 N–H and O–H groups in total.